The SMILES string of the molecule is CO[C@H]1CN(C(=O)/C=C/c2nc3ccccc3s2)C[C@@H]1O. The van der Waals surface area contributed by atoms with E-state index in [9.17, 15) is 9.90 Å². The fraction of sp³-hybridized carbons (Fsp3) is 0.333. The zero-order valence-electron chi connectivity index (χ0n) is 11.6. The van der Waals surface area contributed by atoms with Crippen molar-refractivity contribution in [3.8, 4) is 0 Å². The predicted molar refractivity (Wildman–Crippen MR) is 82.0 cm³/mol. The molecule has 1 aliphatic heterocycles. The minimum absolute atomic E-state index is 0.132. The molecule has 3 rings (SSSR count). The van der Waals surface area contributed by atoms with Gasteiger partial charge in [-0.2, -0.15) is 0 Å². The Kier molecular flexibility index (Phi) is 4.01. The van der Waals surface area contributed by atoms with Crippen molar-refractivity contribution < 1.29 is 14.6 Å². The Bertz CT molecular complexity index is 649. The Morgan fingerprint density at radius 3 is 3.00 bits per heavy atom. The Balaban J connectivity index is 1.69. The highest BCUT2D eigenvalue weighted by molar-refractivity contribution is 7.19. The first kappa shape index (κ1) is 14.2. The topological polar surface area (TPSA) is 62.7 Å². The molecule has 110 valence electrons. The summed E-state index contributed by atoms with van der Waals surface area (Å²) in [5.41, 5.74) is 0.936. The average Bonchev–Trinajstić information content (AvgIpc) is 3.07. The van der Waals surface area contributed by atoms with Crippen LogP contribution in [-0.4, -0.2) is 53.3 Å². The van der Waals surface area contributed by atoms with Gasteiger partial charge in [-0.3, -0.25) is 4.79 Å². The Labute approximate surface area is 126 Å². The number of β-amino-alcohol motifs (C(OH)–C–C–N with tert-alkyl or cyclic N) is 1. The highest BCUT2D eigenvalue weighted by atomic mass is 32.1. The Morgan fingerprint density at radius 2 is 2.29 bits per heavy atom. The van der Waals surface area contributed by atoms with Gasteiger partial charge in [-0.1, -0.05) is 12.1 Å². The van der Waals surface area contributed by atoms with E-state index in [0.29, 0.717) is 13.1 Å². The fourth-order valence-electron chi connectivity index (χ4n) is 2.38. The standard InChI is InChI=1S/C15H16N2O3S/c1-20-12-9-17(8-11(12)18)15(19)7-6-14-16-10-4-2-3-5-13(10)21-14/h2-7,11-12,18H,8-9H2,1H3/b7-6+/t11-,12-/m0/s1. The van der Waals surface area contributed by atoms with Gasteiger partial charge in [0.2, 0.25) is 5.91 Å². The van der Waals surface area contributed by atoms with Gasteiger partial charge in [0, 0.05) is 26.3 Å². The number of ether oxygens (including phenoxy) is 1. The number of methoxy groups -OCH3 is 1. The highest BCUT2D eigenvalue weighted by Gasteiger charge is 2.33. The second kappa shape index (κ2) is 5.93. The molecule has 2 aromatic rings. The molecule has 1 amide bonds. The number of likely N-dealkylation sites (tertiary alicyclic amines) is 1. The Morgan fingerprint density at radius 1 is 1.48 bits per heavy atom. The zero-order valence-corrected chi connectivity index (χ0v) is 12.4. The molecule has 1 N–H and O–H groups in total. The van der Waals surface area contributed by atoms with Gasteiger partial charge in [0.15, 0.2) is 0 Å². The summed E-state index contributed by atoms with van der Waals surface area (Å²) in [5, 5.41) is 10.5. The number of thiazole rings is 1. The van der Waals surface area contributed by atoms with Crippen molar-refractivity contribution in [3.63, 3.8) is 0 Å². The van der Waals surface area contributed by atoms with Gasteiger partial charge in [0.1, 0.15) is 11.1 Å². The highest BCUT2D eigenvalue weighted by Crippen LogP contribution is 2.22. The Hall–Kier alpha value is -1.76. The second-order valence-corrected chi connectivity index (χ2v) is 6.00. The van der Waals surface area contributed by atoms with Crippen molar-refractivity contribution in [2.75, 3.05) is 20.2 Å². The van der Waals surface area contributed by atoms with E-state index in [1.54, 1.807) is 29.4 Å². The third-order valence-electron chi connectivity index (χ3n) is 3.53. The predicted octanol–water partition coefficient (Wildman–Crippen LogP) is 1.53. The van der Waals surface area contributed by atoms with E-state index < -0.39 is 6.10 Å². The van der Waals surface area contributed by atoms with Crippen LogP contribution in [0.4, 0.5) is 0 Å². The maximum atomic E-state index is 12.1. The number of amides is 1. The van der Waals surface area contributed by atoms with Gasteiger partial charge >= 0.3 is 0 Å². The molecule has 6 heteroatoms. The van der Waals surface area contributed by atoms with Crippen LogP contribution in [0, 0.1) is 0 Å². The number of aliphatic hydroxyl groups is 1. The lowest BCUT2D eigenvalue weighted by atomic mass is 10.3. The van der Waals surface area contributed by atoms with Crippen molar-refractivity contribution >= 4 is 33.5 Å². The van der Waals surface area contributed by atoms with Crippen LogP contribution >= 0.6 is 11.3 Å². The lowest BCUT2D eigenvalue weighted by Crippen LogP contribution is -2.28. The molecule has 1 fully saturated rings. The number of aliphatic hydroxyl groups excluding tert-OH is 1. The smallest absolute Gasteiger partial charge is 0.246 e. The molecule has 5 nitrogen and oxygen atoms in total. The zero-order chi connectivity index (χ0) is 14.8. The molecule has 0 unspecified atom stereocenters. The first-order valence-corrected chi connectivity index (χ1v) is 7.52. The van der Waals surface area contributed by atoms with E-state index in [0.717, 1.165) is 15.2 Å². The minimum atomic E-state index is -0.616. The molecule has 0 saturated carbocycles. The number of carbonyl (C=O) groups is 1. The summed E-state index contributed by atoms with van der Waals surface area (Å²) in [6.45, 7) is 0.724. The van der Waals surface area contributed by atoms with Crippen LogP contribution in [0.5, 0.6) is 0 Å². The van der Waals surface area contributed by atoms with Gasteiger partial charge in [0.25, 0.3) is 0 Å². The number of nitrogens with zero attached hydrogens (tertiary/aromatic N) is 2. The van der Waals surface area contributed by atoms with E-state index >= 15 is 0 Å². The molecule has 0 bridgehead atoms. The number of benzene rings is 1. The molecule has 2 heterocycles. The van der Waals surface area contributed by atoms with Crippen molar-refractivity contribution in [2.45, 2.75) is 12.2 Å². The van der Waals surface area contributed by atoms with Gasteiger partial charge in [0.05, 0.1) is 16.3 Å². The van der Waals surface area contributed by atoms with Gasteiger partial charge < -0.3 is 14.7 Å². The number of fused-ring (bicyclic) bond motifs is 1. The van der Waals surface area contributed by atoms with Crippen molar-refractivity contribution in [1.82, 2.24) is 9.88 Å². The maximum Gasteiger partial charge on any atom is 0.246 e. The van der Waals surface area contributed by atoms with E-state index in [1.807, 2.05) is 24.3 Å². The van der Waals surface area contributed by atoms with Crippen LogP contribution < -0.4 is 0 Å². The second-order valence-electron chi connectivity index (χ2n) is 4.94. The molecule has 0 aliphatic carbocycles. The molecular formula is C15H16N2O3S. The summed E-state index contributed by atoms with van der Waals surface area (Å²) in [4.78, 5) is 18.1. The number of hydrogen-bond donors (Lipinski definition) is 1. The third-order valence-corrected chi connectivity index (χ3v) is 4.53. The van der Waals surface area contributed by atoms with Crippen molar-refractivity contribution in [3.05, 3.63) is 35.3 Å². The monoisotopic (exact) mass is 304 g/mol. The summed E-state index contributed by atoms with van der Waals surface area (Å²) in [5.74, 6) is -0.132. The fourth-order valence-corrected chi connectivity index (χ4v) is 3.25. The van der Waals surface area contributed by atoms with Crippen LogP contribution in [0.2, 0.25) is 0 Å². The summed E-state index contributed by atoms with van der Waals surface area (Å²) >= 11 is 1.54. The van der Waals surface area contributed by atoms with Crippen LogP contribution in [0.25, 0.3) is 16.3 Å². The first-order chi connectivity index (χ1) is 10.2. The van der Waals surface area contributed by atoms with Crippen molar-refractivity contribution in [2.24, 2.45) is 0 Å². The number of rotatable bonds is 3. The maximum absolute atomic E-state index is 12.1. The van der Waals surface area contributed by atoms with Crippen LogP contribution in [-0.2, 0) is 9.53 Å². The minimum Gasteiger partial charge on any atom is -0.388 e. The van der Waals surface area contributed by atoms with E-state index in [2.05, 4.69) is 4.98 Å². The van der Waals surface area contributed by atoms with Gasteiger partial charge in [-0.25, -0.2) is 4.98 Å². The molecule has 1 aliphatic rings. The summed E-state index contributed by atoms with van der Waals surface area (Å²) < 4.78 is 6.23. The number of aromatic nitrogens is 1. The summed E-state index contributed by atoms with van der Waals surface area (Å²) in [6.07, 6.45) is 2.31. The lowest BCUT2D eigenvalue weighted by molar-refractivity contribution is -0.125. The molecule has 0 spiro atoms. The van der Waals surface area contributed by atoms with E-state index in [4.69, 9.17) is 4.74 Å². The number of carbonyl (C=O) groups excluding carboxylic acids is 1. The summed E-state index contributed by atoms with van der Waals surface area (Å²) in [6, 6.07) is 7.87. The molecular weight excluding hydrogens is 288 g/mol. The van der Waals surface area contributed by atoms with E-state index in [1.165, 1.54) is 6.08 Å². The normalized spacial score (nSPS) is 22.5. The molecule has 1 aromatic carbocycles. The number of para-hydroxylation sites is 1. The third kappa shape index (κ3) is 2.97. The largest absolute Gasteiger partial charge is 0.388 e. The summed E-state index contributed by atoms with van der Waals surface area (Å²) in [7, 11) is 1.54. The molecule has 2 atom stereocenters. The number of hydrogen-bond acceptors (Lipinski definition) is 5. The molecule has 0 radical (unpaired) electrons. The van der Waals surface area contributed by atoms with Crippen molar-refractivity contribution in [1.29, 1.82) is 0 Å². The molecule has 1 saturated heterocycles. The van der Waals surface area contributed by atoms with Gasteiger partial charge in [-0.15, -0.1) is 11.3 Å². The molecule has 21 heavy (non-hydrogen) atoms. The molecule has 1 aromatic heterocycles. The van der Waals surface area contributed by atoms with Gasteiger partial charge in [-0.05, 0) is 18.2 Å². The lowest BCUT2D eigenvalue weighted by Gasteiger charge is -2.12. The van der Waals surface area contributed by atoms with Crippen LogP contribution in [0.1, 0.15) is 5.01 Å². The van der Waals surface area contributed by atoms with Crippen LogP contribution in [0.3, 0.4) is 0 Å². The first-order valence-electron chi connectivity index (χ1n) is 6.71. The van der Waals surface area contributed by atoms with Crippen LogP contribution in [0.15, 0.2) is 30.3 Å². The average molecular weight is 304 g/mol. The van der Waals surface area contributed by atoms with E-state index in [-0.39, 0.29) is 12.0 Å². The quantitative estimate of drug-likeness (QED) is 0.874.